The van der Waals surface area contributed by atoms with Gasteiger partial charge in [0.15, 0.2) is 5.82 Å². The maximum atomic E-state index is 13.7. The molecule has 2 aromatic carbocycles. The van der Waals surface area contributed by atoms with Crippen molar-refractivity contribution in [3.63, 3.8) is 0 Å². The zero-order valence-corrected chi connectivity index (χ0v) is 11.1. The van der Waals surface area contributed by atoms with E-state index in [1.165, 1.54) is 6.07 Å². The van der Waals surface area contributed by atoms with E-state index in [1.54, 1.807) is 6.07 Å². The predicted molar refractivity (Wildman–Crippen MR) is 74.8 cm³/mol. The predicted octanol–water partition coefficient (Wildman–Crippen LogP) is 4.04. The molecule has 2 nitrogen and oxygen atoms in total. The molecule has 0 aliphatic heterocycles. The molecule has 1 heterocycles. The monoisotopic (exact) mass is 274 g/mol. The van der Waals surface area contributed by atoms with Gasteiger partial charge in [0.25, 0.3) is 0 Å². The summed E-state index contributed by atoms with van der Waals surface area (Å²) in [4.78, 5) is 4.34. The van der Waals surface area contributed by atoms with E-state index in [2.05, 4.69) is 4.98 Å². The van der Waals surface area contributed by atoms with Crippen molar-refractivity contribution in [3.05, 3.63) is 65.7 Å². The second-order valence-corrected chi connectivity index (χ2v) is 4.85. The van der Waals surface area contributed by atoms with Crippen molar-refractivity contribution in [2.75, 3.05) is 0 Å². The van der Waals surface area contributed by atoms with Crippen molar-refractivity contribution in [3.8, 4) is 0 Å². The van der Waals surface area contributed by atoms with E-state index in [1.807, 2.05) is 48.0 Å². The summed E-state index contributed by atoms with van der Waals surface area (Å²) in [6, 6.07) is 14.6. The molecule has 0 fully saturated rings. The van der Waals surface area contributed by atoms with E-state index in [4.69, 9.17) is 11.6 Å². The number of alkyl halides is 1. The lowest BCUT2D eigenvalue weighted by Crippen LogP contribution is -2.02. The van der Waals surface area contributed by atoms with E-state index in [-0.39, 0.29) is 5.82 Å². The van der Waals surface area contributed by atoms with Crippen LogP contribution in [0.4, 0.5) is 4.39 Å². The summed E-state index contributed by atoms with van der Waals surface area (Å²) < 4.78 is 15.6. The topological polar surface area (TPSA) is 17.8 Å². The number of para-hydroxylation sites is 1. The Kier molecular flexibility index (Phi) is 2.99. The first-order valence-electron chi connectivity index (χ1n) is 5.98. The van der Waals surface area contributed by atoms with Crippen LogP contribution in [-0.4, -0.2) is 9.55 Å². The van der Waals surface area contributed by atoms with Gasteiger partial charge in [0.05, 0.1) is 5.52 Å². The summed E-state index contributed by atoms with van der Waals surface area (Å²) in [6.07, 6.45) is 0. The molecule has 0 aliphatic rings. The molecule has 0 amide bonds. The number of aromatic nitrogens is 2. The van der Waals surface area contributed by atoms with E-state index in [0.29, 0.717) is 11.3 Å². The lowest BCUT2D eigenvalue weighted by atomic mass is 10.1. The first-order chi connectivity index (χ1) is 9.18. The van der Waals surface area contributed by atoms with Gasteiger partial charge in [-0.25, -0.2) is 9.37 Å². The highest BCUT2D eigenvalue weighted by Crippen LogP contribution is 2.30. The molecule has 19 heavy (non-hydrogen) atoms. The highest BCUT2D eigenvalue weighted by atomic mass is 35.5. The fourth-order valence-electron chi connectivity index (χ4n) is 2.20. The lowest BCUT2D eigenvalue weighted by Gasteiger charge is -2.09. The van der Waals surface area contributed by atoms with Crippen LogP contribution in [-0.2, 0) is 7.05 Å². The molecule has 3 rings (SSSR count). The molecule has 3 aromatic rings. The number of rotatable bonds is 2. The number of imidazole rings is 1. The van der Waals surface area contributed by atoms with Crippen LogP contribution in [0, 0.1) is 5.82 Å². The van der Waals surface area contributed by atoms with E-state index >= 15 is 0 Å². The van der Waals surface area contributed by atoms with Gasteiger partial charge in [0, 0.05) is 7.05 Å². The third kappa shape index (κ3) is 2.00. The van der Waals surface area contributed by atoms with Gasteiger partial charge < -0.3 is 4.57 Å². The van der Waals surface area contributed by atoms with Gasteiger partial charge in [-0.1, -0.05) is 36.4 Å². The molecular weight excluding hydrogens is 263 g/mol. The number of fused-ring (bicyclic) bond motifs is 1. The molecule has 0 bridgehead atoms. The Labute approximate surface area is 115 Å². The molecule has 0 N–H and O–H groups in total. The Morgan fingerprint density at radius 1 is 1.11 bits per heavy atom. The van der Waals surface area contributed by atoms with Crippen LogP contribution in [0.5, 0.6) is 0 Å². The fraction of sp³-hybridized carbons (Fsp3) is 0.133. The van der Waals surface area contributed by atoms with Crippen LogP contribution in [0.25, 0.3) is 11.0 Å². The molecule has 1 atom stereocenters. The number of hydrogen-bond acceptors (Lipinski definition) is 1. The molecule has 0 saturated carbocycles. The van der Waals surface area contributed by atoms with Gasteiger partial charge in [-0.2, -0.15) is 0 Å². The number of hydrogen-bond donors (Lipinski definition) is 0. The molecule has 96 valence electrons. The van der Waals surface area contributed by atoms with Gasteiger partial charge >= 0.3 is 0 Å². The Morgan fingerprint density at radius 2 is 1.84 bits per heavy atom. The molecule has 0 spiro atoms. The molecule has 0 radical (unpaired) electrons. The van der Waals surface area contributed by atoms with Gasteiger partial charge in [-0.05, 0) is 17.7 Å². The smallest absolute Gasteiger partial charge is 0.151 e. The Balaban J connectivity index is 2.16. The summed E-state index contributed by atoms with van der Waals surface area (Å²) in [5.41, 5.74) is 2.06. The second-order valence-electron chi connectivity index (χ2n) is 4.41. The maximum absolute atomic E-state index is 13.7. The summed E-state index contributed by atoms with van der Waals surface area (Å²) in [5.74, 6) is 0.323. The molecule has 4 heteroatoms. The van der Waals surface area contributed by atoms with Gasteiger partial charge in [0.2, 0.25) is 0 Å². The average Bonchev–Trinajstić information content (AvgIpc) is 2.78. The number of halogens is 2. The highest BCUT2D eigenvalue weighted by molar-refractivity contribution is 6.22. The zero-order valence-electron chi connectivity index (χ0n) is 10.3. The van der Waals surface area contributed by atoms with E-state index < -0.39 is 5.38 Å². The normalized spacial score (nSPS) is 12.8. The van der Waals surface area contributed by atoms with Gasteiger partial charge in [0.1, 0.15) is 16.7 Å². The van der Waals surface area contributed by atoms with E-state index in [9.17, 15) is 4.39 Å². The van der Waals surface area contributed by atoms with Gasteiger partial charge in [-0.15, -0.1) is 11.6 Å². The fourth-order valence-corrected chi connectivity index (χ4v) is 2.54. The molecule has 1 unspecified atom stereocenters. The van der Waals surface area contributed by atoms with Crippen LogP contribution < -0.4 is 0 Å². The standard InChI is InChI=1S/C15H12ClFN2/c1-19-12-9-5-8-11(17)14(12)18-15(19)13(16)10-6-3-2-4-7-10/h2-9,13H,1H3. The summed E-state index contributed by atoms with van der Waals surface area (Å²) in [5, 5.41) is -0.391. The van der Waals surface area contributed by atoms with Crippen molar-refractivity contribution in [2.45, 2.75) is 5.38 Å². The first kappa shape index (κ1) is 12.2. The van der Waals surface area contributed by atoms with Gasteiger partial charge in [-0.3, -0.25) is 0 Å². The lowest BCUT2D eigenvalue weighted by molar-refractivity contribution is 0.637. The van der Waals surface area contributed by atoms with Crippen LogP contribution in [0.3, 0.4) is 0 Å². The molecule has 0 aliphatic carbocycles. The minimum Gasteiger partial charge on any atom is -0.329 e. The Bertz CT molecular complexity index is 722. The number of aryl methyl sites for hydroxylation is 1. The molecule has 0 saturated heterocycles. The minimum atomic E-state index is -0.391. The number of nitrogens with zero attached hydrogens (tertiary/aromatic N) is 2. The highest BCUT2D eigenvalue weighted by Gasteiger charge is 2.19. The quantitative estimate of drug-likeness (QED) is 0.645. The zero-order chi connectivity index (χ0) is 13.4. The van der Waals surface area contributed by atoms with Crippen LogP contribution in [0.1, 0.15) is 16.8 Å². The van der Waals surface area contributed by atoms with Crippen LogP contribution in [0.15, 0.2) is 48.5 Å². The average molecular weight is 275 g/mol. The minimum absolute atomic E-state index is 0.323. The second kappa shape index (κ2) is 4.67. The van der Waals surface area contributed by atoms with E-state index in [0.717, 1.165) is 11.1 Å². The largest absolute Gasteiger partial charge is 0.329 e. The third-order valence-corrected chi connectivity index (χ3v) is 3.66. The van der Waals surface area contributed by atoms with Crippen molar-refractivity contribution in [2.24, 2.45) is 7.05 Å². The summed E-state index contributed by atoms with van der Waals surface area (Å²) in [7, 11) is 1.85. The van der Waals surface area contributed by atoms with Crippen molar-refractivity contribution in [1.29, 1.82) is 0 Å². The molecule has 1 aromatic heterocycles. The maximum Gasteiger partial charge on any atom is 0.151 e. The number of benzene rings is 2. The van der Waals surface area contributed by atoms with Crippen LogP contribution in [0.2, 0.25) is 0 Å². The first-order valence-corrected chi connectivity index (χ1v) is 6.42. The summed E-state index contributed by atoms with van der Waals surface area (Å²) in [6.45, 7) is 0. The van der Waals surface area contributed by atoms with Crippen molar-refractivity contribution >= 4 is 22.6 Å². The van der Waals surface area contributed by atoms with Crippen molar-refractivity contribution < 1.29 is 4.39 Å². The Morgan fingerprint density at radius 3 is 2.53 bits per heavy atom. The molecular formula is C15H12ClFN2. The Hall–Kier alpha value is -1.87. The van der Waals surface area contributed by atoms with Crippen LogP contribution >= 0.6 is 11.6 Å². The third-order valence-electron chi connectivity index (χ3n) is 3.22. The summed E-state index contributed by atoms with van der Waals surface area (Å²) >= 11 is 6.45. The SMILES string of the molecule is Cn1c(C(Cl)c2ccccc2)nc2c(F)cccc21. The van der Waals surface area contributed by atoms with Crippen molar-refractivity contribution in [1.82, 2.24) is 9.55 Å².